The third-order valence-corrected chi connectivity index (χ3v) is 8.11. The van der Waals surface area contributed by atoms with Crippen LogP contribution in [0.25, 0.3) is 0 Å². The van der Waals surface area contributed by atoms with E-state index in [1.54, 1.807) is 0 Å². The molecule has 39 heavy (non-hydrogen) atoms. The fourth-order valence-electron chi connectivity index (χ4n) is 6.31. The Kier molecular flexibility index (Phi) is 7.47. The zero-order valence-corrected chi connectivity index (χ0v) is 23.4. The number of carbonyl (C=O) groups is 2. The van der Waals surface area contributed by atoms with Gasteiger partial charge in [-0.3, -0.25) is 19.4 Å². The number of hydrogen-bond donors (Lipinski definition) is 0. The molecule has 0 N–H and O–H groups in total. The summed E-state index contributed by atoms with van der Waals surface area (Å²) < 4.78 is 0. The van der Waals surface area contributed by atoms with Crippen LogP contribution in [-0.2, 0) is 16.0 Å². The van der Waals surface area contributed by atoms with Gasteiger partial charge in [0.15, 0.2) is 11.6 Å². The Morgan fingerprint density at radius 2 is 1.03 bits per heavy atom. The number of para-hydroxylation sites is 2. The molecule has 0 aromatic heterocycles. The molecule has 0 unspecified atom stereocenters. The third-order valence-electron chi connectivity index (χ3n) is 8.11. The summed E-state index contributed by atoms with van der Waals surface area (Å²) >= 11 is 0. The van der Waals surface area contributed by atoms with Gasteiger partial charge in [0, 0.05) is 44.0 Å². The second kappa shape index (κ2) is 11.0. The molecule has 1 fully saturated rings. The van der Waals surface area contributed by atoms with Crippen LogP contribution in [0.2, 0.25) is 0 Å². The Balaban J connectivity index is 1.90. The van der Waals surface area contributed by atoms with Crippen molar-refractivity contribution >= 4 is 23.2 Å². The first-order valence-corrected chi connectivity index (χ1v) is 14.1. The molecule has 3 aromatic carbocycles. The average Bonchev–Trinajstić information content (AvgIpc) is 2.98. The molecule has 0 spiro atoms. The van der Waals surface area contributed by atoms with E-state index in [1.165, 1.54) is 0 Å². The summed E-state index contributed by atoms with van der Waals surface area (Å²) in [5.74, 6) is -0.310. The summed E-state index contributed by atoms with van der Waals surface area (Å²) in [6, 6.07) is 29.6. The maximum Gasteiger partial charge on any atom is 0.251 e. The van der Waals surface area contributed by atoms with Gasteiger partial charge in [0.25, 0.3) is 11.8 Å². The topological polar surface area (TPSA) is 47.1 Å². The number of benzene rings is 3. The minimum absolute atomic E-state index is 0.155. The van der Waals surface area contributed by atoms with E-state index in [9.17, 15) is 9.59 Å². The van der Waals surface area contributed by atoms with Gasteiger partial charge in [0.05, 0.1) is 11.4 Å². The number of anilines is 2. The summed E-state index contributed by atoms with van der Waals surface area (Å²) in [6.45, 7) is 11.4. The maximum absolute atomic E-state index is 15.0. The van der Waals surface area contributed by atoms with E-state index < -0.39 is 11.6 Å². The van der Waals surface area contributed by atoms with Crippen LogP contribution < -0.4 is 9.80 Å². The van der Waals surface area contributed by atoms with E-state index in [1.807, 2.05) is 101 Å². The van der Waals surface area contributed by atoms with Gasteiger partial charge >= 0.3 is 0 Å². The lowest BCUT2D eigenvalue weighted by Crippen LogP contribution is -2.76. The van der Waals surface area contributed by atoms with Crippen LogP contribution in [-0.4, -0.2) is 54.0 Å². The summed E-state index contributed by atoms with van der Waals surface area (Å²) in [5, 5.41) is 0. The highest BCUT2D eigenvalue weighted by molar-refractivity contribution is 6.24. The van der Waals surface area contributed by atoms with Crippen LogP contribution in [0.1, 0.15) is 33.3 Å². The first-order valence-electron chi connectivity index (χ1n) is 14.1. The van der Waals surface area contributed by atoms with Crippen molar-refractivity contribution in [2.45, 2.75) is 40.3 Å². The van der Waals surface area contributed by atoms with Crippen LogP contribution >= 0.6 is 0 Å². The zero-order valence-electron chi connectivity index (χ0n) is 23.4. The van der Waals surface area contributed by atoms with Crippen LogP contribution in [0.3, 0.4) is 0 Å². The van der Waals surface area contributed by atoms with Gasteiger partial charge in [-0.1, -0.05) is 66.7 Å². The highest BCUT2D eigenvalue weighted by Crippen LogP contribution is 2.53. The number of nitrogens with zero attached hydrogens (tertiary/aromatic N) is 4. The van der Waals surface area contributed by atoms with Gasteiger partial charge in [-0.05, 0) is 57.5 Å². The number of rotatable bonds is 10. The normalized spacial score (nSPS) is 20.6. The molecule has 6 rings (SSSR count). The van der Waals surface area contributed by atoms with Crippen molar-refractivity contribution in [1.29, 1.82) is 0 Å². The fourth-order valence-corrected chi connectivity index (χ4v) is 6.31. The number of likely N-dealkylation sites (N-methyl/N-ethyl adjacent to an activating group) is 1. The number of hydrogen-bond acceptors (Lipinski definition) is 4. The molecule has 1 saturated heterocycles. The number of amides is 2. The van der Waals surface area contributed by atoms with E-state index in [0.29, 0.717) is 19.5 Å². The molecule has 0 radical (unpaired) electrons. The lowest BCUT2D eigenvalue weighted by Gasteiger charge is -2.60. The molecule has 2 bridgehead atoms. The van der Waals surface area contributed by atoms with Crippen LogP contribution in [0.15, 0.2) is 102 Å². The van der Waals surface area contributed by atoms with Crippen molar-refractivity contribution in [3.8, 4) is 0 Å². The number of fused-ring (bicyclic) bond motifs is 2. The Labute approximate surface area is 232 Å². The molecule has 0 atom stereocenters. The first kappa shape index (κ1) is 26.5. The van der Waals surface area contributed by atoms with Gasteiger partial charge in [-0.15, -0.1) is 0 Å². The van der Waals surface area contributed by atoms with Crippen LogP contribution in [0.5, 0.6) is 0 Å². The summed E-state index contributed by atoms with van der Waals surface area (Å²) in [4.78, 5) is 38.3. The van der Waals surface area contributed by atoms with Crippen molar-refractivity contribution in [1.82, 2.24) is 9.80 Å². The molecule has 3 aromatic rings. The molecule has 2 amide bonds. The van der Waals surface area contributed by atoms with Crippen molar-refractivity contribution in [3.05, 3.63) is 108 Å². The van der Waals surface area contributed by atoms with Crippen molar-refractivity contribution in [2.24, 2.45) is 5.41 Å². The van der Waals surface area contributed by atoms with Crippen LogP contribution in [0.4, 0.5) is 11.4 Å². The molecular formula is C33H38N4O2. The minimum atomic E-state index is -1.41. The molecular weight excluding hydrogens is 484 g/mol. The van der Waals surface area contributed by atoms with Crippen molar-refractivity contribution in [2.75, 3.05) is 36.0 Å². The third kappa shape index (κ3) is 4.19. The smallest absolute Gasteiger partial charge is 0.251 e. The first-order chi connectivity index (χ1) is 19.0. The summed E-state index contributed by atoms with van der Waals surface area (Å²) in [6.07, 6.45) is -0.301. The largest absolute Gasteiger partial charge is 0.373 e. The molecule has 3 aliphatic heterocycles. The van der Waals surface area contributed by atoms with E-state index in [-0.39, 0.29) is 11.8 Å². The summed E-state index contributed by atoms with van der Waals surface area (Å²) in [5.41, 5.74) is 3.03. The molecule has 0 aliphatic carbocycles. The van der Waals surface area contributed by atoms with Gasteiger partial charge in [-0.25, -0.2) is 0 Å². The van der Waals surface area contributed by atoms with Crippen molar-refractivity contribution in [3.63, 3.8) is 0 Å². The molecule has 202 valence electrons. The van der Waals surface area contributed by atoms with Gasteiger partial charge in [0.1, 0.15) is 0 Å². The monoisotopic (exact) mass is 522 g/mol. The Morgan fingerprint density at radius 3 is 1.44 bits per heavy atom. The highest BCUT2D eigenvalue weighted by Gasteiger charge is 2.67. The lowest BCUT2D eigenvalue weighted by atomic mass is 9.68. The zero-order chi connectivity index (χ0) is 27.6. The fraction of sp³-hybridized carbons (Fsp3) is 0.333. The lowest BCUT2D eigenvalue weighted by molar-refractivity contribution is -0.144. The standard InChI is InChI=1S/C33H38N4O2/c1-5-34(6-2)28-29(35(7-3)8-4)33(24-25-18-12-9-13-19-25)31(38)36(26-20-14-10-15-21-26)30(28)37(32(33)39)27-22-16-11-17-23-27/h9-23,30H,5-8,24H2,1-4H3. The number of carbonyl (C=O) groups excluding carboxylic acids is 2. The predicted octanol–water partition coefficient (Wildman–Crippen LogP) is 5.53. The highest BCUT2D eigenvalue weighted by atomic mass is 16.2. The maximum atomic E-state index is 15.0. The molecule has 3 aliphatic rings. The van der Waals surface area contributed by atoms with Crippen LogP contribution in [0, 0.1) is 5.41 Å². The molecule has 6 nitrogen and oxygen atoms in total. The second-order valence-electron chi connectivity index (χ2n) is 10.0. The van der Waals surface area contributed by atoms with Gasteiger partial charge in [-0.2, -0.15) is 0 Å². The minimum Gasteiger partial charge on any atom is -0.373 e. The Hall–Kier alpha value is -4.06. The predicted molar refractivity (Wildman–Crippen MR) is 157 cm³/mol. The molecule has 3 heterocycles. The Bertz CT molecular complexity index is 1270. The summed E-state index contributed by atoms with van der Waals surface area (Å²) in [7, 11) is 0. The van der Waals surface area contributed by atoms with Crippen molar-refractivity contribution < 1.29 is 9.59 Å². The van der Waals surface area contributed by atoms with Gasteiger partial charge < -0.3 is 9.80 Å². The second-order valence-corrected chi connectivity index (χ2v) is 10.0. The average molecular weight is 523 g/mol. The Morgan fingerprint density at radius 1 is 0.615 bits per heavy atom. The van der Waals surface area contributed by atoms with Gasteiger partial charge in [0.2, 0.25) is 0 Å². The van der Waals surface area contributed by atoms with E-state index in [2.05, 4.69) is 37.5 Å². The van der Waals surface area contributed by atoms with E-state index in [0.717, 1.165) is 41.4 Å². The van der Waals surface area contributed by atoms with E-state index >= 15 is 0 Å². The quantitative estimate of drug-likeness (QED) is 0.329. The van der Waals surface area contributed by atoms with E-state index in [4.69, 9.17) is 0 Å². The SMILES string of the molecule is CCN(CC)C1=C(N(CC)CC)C2(Cc3ccccc3)C(=O)N(c3ccccc3)C1N(c1ccccc1)C2=O. The molecule has 6 heteroatoms. The molecule has 0 saturated carbocycles.